The molecular weight excluding hydrogens is 288 g/mol. The third kappa shape index (κ3) is 1.95. The van der Waals surface area contributed by atoms with Gasteiger partial charge < -0.3 is 4.74 Å². The monoisotopic (exact) mass is 296 g/mol. The quantitative estimate of drug-likeness (QED) is 0.643. The van der Waals surface area contributed by atoms with Crippen molar-refractivity contribution in [3.8, 4) is 0 Å². The van der Waals surface area contributed by atoms with Crippen LogP contribution in [0.5, 0.6) is 0 Å². The summed E-state index contributed by atoms with van der Waals surface area (Å²) in [7, 11) is 0. The minimum absolute atomic E-state index is 0.252. The second-order valence-corrected chi connectivity index (χ2v) is 3.98. The van der Waals surface area contributed by atoms with Gasteiger partial charge in [0.1, 0.15) is 21.6 Å². The molecule has 0 N–H and O–H groups in total. The van der Waals surface area contributed by atoms with Crippen LogP contribution >= 0.6 is 15.9 Å². The van der Waals surface area contributed by atoms with Gasteiger partial charge in [0.25, 0.3) is 0 Å². The Labute approximate surface area is 106 Å². The first kappa shape index (κ1) is 11.8. The lowest BCUT2D eigenvalue weighted by molar-refractivity contribution is 0.0517. The number of aldehydes is 1. The number of carbonyl (C=O) groups is 2. The molecule has 0 bridgehead atoms. The van der Waals surface area contributed by atoms with Crippen LogP contribution in [0.25, 0.3) is 5.65 Å². The summed E-state index contributed by atoms with van der Waals surface area (Å²) in [6.07, 6.45) is 0.631. The molecular formula is C11H9BrN2O3. The molecule has 6 heteroatoms. The maximum Gasteiger partial charge on any atom is 0.355 e. The van der Waals surface area contributed by atoms with Gasteiger partial charge >= 0.3 is 5.97 Å². The molecule has 0 saturated carbocycles. The number of aromatic nitrogens is 2. The van der Waals surface area contributed by atoms with Crippen LogP contribution in [0.1, 0.15) is 27.9 Å². The molecule has 0 fully saturated rings. The van der Waals surface area contributed by atoms with Gasteiger partial charge in [-0.1, -0.05) is 6.07 Å². The molecule has 0 unspecified atom stereocenters. The Hall–Kier alpha value is -1.69. The zero-order valence-corrected chi connectivity index (χ0v) is 10.6. The van der Waals surface area contributed by atoms with Crippen molar-refractivity contribution in [3.05, 3.63) is 34.2 Å². The average Bonchev–Trinajstić information content (AvgIpc) is 2.66. The second-order valence-electron chi connectivity index (χ2n) is 3.23. The topological polar surface area (TPSA) is 60.7 Å². The largest absolute Gasteiger partial charge is 0.461 e. The van der Waals surface area contributed by atoms with E-state index in [2.05, 4.69) is 20.9 Å². The van der Waals surface area contributed by atoms with Crippen LogP contribution in [0.2, 0.25) is 0 Å². The lowest BCUT2D eigenvalue weighted by Crippen LogP contribution is -2.10. The van der Waals surface area contributed by atoms with E-state index < -0.39 is 5.97 Å². The number of fused-ring (bicyclic) bond motifs is 1. The Morgan fingerprint density at radius 2 is 2.35 bits per heavy atom. The molecule has 0 aliphatic carbocycles. The number of carbonyl (C=O) groups excluding carboxylic acids is 2. The van der Waals surface area contributed by atoms with E-state index in [-0.39, 0.29) is 5.69 Å². The van der Waals surface area contributed by atoms with Crippen molar-refractivity contribution in [1.82, 2.24) is 9.38 Å². The smallest absolute Gasteiger partial charge is 0.355 e. The molecule has 0 amide bonds. The molecule has 2 rings (SSSR count). The molecule has 0 aromatic carbocycles. The number of hydrogen-bond acceptors (Lipinski definition) is 4. The molecule has 2 aromatic rings. The number of halogens is 1. The summed E-state index contributed by atoms with van der Waals surface area (Å²) in [5, 5.41) is 0. The van der Waals surface area contributed by atoms with Crippen molar-refractivity contribution < 1.29 is 14.3 Å². The Balaban J connectivity index is 2.67. The summed E-state index contributed by atoms with van der Waals surface area (Å²) in [4.78, 5) is 26.6. The molecule has 0 spiro atoms. The average molecular weight is 297 g/mol. The highest BCUT2D eigenvalue weighted by Gasteiger charge is 2.16. The maximum absolute atomic E-state index is 11.7. The van der Waals surface area contributed by atoms with Gasteiger partial charge in [0.05, 0.1) is 6.61 Å². The van der Waals surface area contributed by atoms with Crippen LogP contribution in [0.3, 0.4) is 0 Å². The van der Waals surface area contributed by atoms with Gasteiger partial charge in [-0.2, -0.15) is 0 Å². The van der Waals surface area contributed by atoms with Crippen molar-refractivity contribution in [3.63, 3.8) is 0 Å². The minimum atomic E-state index is -0.450. The number of imidazole rings is 1. The number of pyridine rings is 1. The highest BCUT2D eigenvalue weighted by atomic mass is 79.9. The van der Waals surface area contributed by atoms with E-state index in [9.17, 15) is 9.59 Å². The zero-order chi connectivity index (χ0) is 12.4. The fourth-order valence-corrected chi connectivity index (χ4v) is 2.07. The van der Waals surface area contributed by atoms with Gasteiger partial charge in [-0.15, -0.1) is 0 Å². The summed E-state index contributed by atoms with van der Waals surface area (Å²) in [5.74, 6) is -0.450. The predicted molar refractivity (Wildman–Crippen MR) is 64.2 cm³/mol. The fraction of sp³-hybridized carbons (Fsp3) is 0.182. The predicted octanol–water partition coefficient (Wildman–Crippen LogP) is 2.09. The standard InChI is InChI=1S/C11H9BrN2O3/c1-2-17-11(16)8-4-3-5-9-13-7(6-15)10(12)14(8)9/h3-6H,2H2,1H3. The molecule has 0 radical (unpaired) electrons. The molecule has 2 aromatic heterocycles. The first-order valence-corrected chi connectivity index (χ1v) is 5.77. The molecule has 2 heterocycles. The fourth-order valence-electron chi connectivity index (χ4n) is 1.51. The van der Waals surface area contributed by atoms with Crippen LogP contribution in [0.4, 0.5) is 0 Å². The Morgan fingerprint density at radius 1 is 1.59 bits per heavy atom. The number of nitrogens with zero attached hydrogens (tertiary/aromatic N) is 2. The number of ether oxygens (including phenoxy) is 1. The maximum atomic E-state index is 11.7. The SMILES string of the molecule is CCOC(=O)c1cccc2nc(C=O)c(Br)n12. The lowest BCUT2D eigenvalue weighted by atomic mass is 10.3. The van der Waals surface area contributed by atoms with Crippen molar-refractivity contribution in [2.45, 2.75) is 6.92 Å². The van der Waals surface area contributed by atoms with Crippen LogP contribution in [0, 0.1) is 0 Å². The third-order valence-electron chi connectivity index (χ3n) is 2.21. The van der Waals surface area contributed by atoms with Gasteiger partial charge in [-0.25, -0.2) is 9.78 Å². The van der Waals surface area contributed by atoms with Gasteiger partial charge in [-0.05, 0) is 35.0 Å². The molecule has 0 aliphatic rings. The number of rotatable bonds is 3. The molecule has 88 valence electrons. The van der Waals surface area contributed by atoms with E-state index >= 15 is 0 Å². The highest BCUT2D eigenvalue weighted by Crippen LogP contribution is 2.20. The van der Waals surface area contributed by atoms with Crippen LogP contribution in [-0.2, 0) is 4.74 Å². The highest BCUT2D eigenvalue weighted by molar-refractivity contribution is 9.10. The minimum Gasteiger partial charge on any atom is -0.461 e. The van der Waals surface area contributed by atoms with Crippen LogP contribution in [0.15, 0.2) is 22.8 Å². The molecule has 0 saturated heterocycles. The molecule has 5 nitrogen and oxygen atoms in total. The van der Waals surface area contributed by atoms with Crippen LogP contribution in [-0.4, -0.2) is 28.2 Å². The zero-order valence-electron chi connectivity index (χ0n) is 9.01. The molecule has 0 atom stereocenters. The van der Waals surface area contributed by atoms with Crippen molar-refractivity contribution in [2.75, 3.05) is 6.61 Å². The third-order valence-corrected chi connectivity index (χ3v) is 2.97. The normalized spacial score (nSPS) is 10.5. The van der Waals surface area contributed by atoms with Crippen LogP contribution < -0.4 is 0 Å². The van der Waals surface area contributed by atoms with Crippen molar-refractivity contribution >= 4 is 33.8 Å². The van der Waals surface area contributed by atoms with Gasteiger partial charge in [0.15, 0.2) is 6.29 Å². The van der Waals surface area contributed by atoms with Crippen molar-refractivity contribution in [2.24, 2.45) is 0 Å². The first-order valence-electron chi connectivity index (χ1n) is 4.98. The van der Waals surface area contributed by atoms with Crippen molar-refractivity contribution in [1.29, 1.82) is 0 Å². The van der Waals surface area contributed by atoms with E-state index in [1.54, 1.807) is 29.5 Å². The summed E-state index contributed by atoms with van der Waals surface area (Å²) in [6.45, 7) is 2.03. The number of esters is 1. The van der Waals surface area contributed by atoms with E-state index in [4.69, 9.17) is 4.74 Å². The van der Waals surface area contributed by atoms with E-state index in [0.717, 1.165) is 0 Å². The van der Waals surface area contributed by atoms with E-state index in [0.29, 0.717) is 28.8 Å². The van der Waals surface area contributed by atoms with Gasteiger partial charge in [0.2, 0.25) is 0 Å². The Kier molecular flexibility index (Phi) is 3.23. The van der Waals surface area contributed by atoms with E-state index in [1.165, 1.54) is 0 Å². The second kappa shape index (κ2) is 4.67. The Bertz CT molecular complexity index is 592. The van der Waals surface area contributed by atoms with E-state index in [1.807, 2.05) is 0 Å². The summed E-state index contributed by atoms with van der Waals surface area (Å²) in [6, 6.07) is 5.02. The van der Waals surface area contributed by atoms with Gasteiger partial charge in [-0.3, -0.25) is 9.20 Å². The molecule has 17 heavy (non-hydrogen) atoms. The number of hydrogen-bond donors (Lipinski definition) is 0. The summed E-state index contributed by atoms with van der Waals surface area (Å²) in [5.41, 5.74) is 1.10. The first-order chi connectivity index (χ1) is 8.19. The molecule has 0 aliphatic heterocycles. The lowest BCUT2D eigenvalue weighted by Gasteiger charge is -2.05. The Morgan fingerprint density at radius 3 is 3.00 bits per heavy atom. The van der Waals surface area contributed by atoms with Gasteiger partial charge in [0, 0.05) is 0 Å². The summed E-state index contributed by atoms with van der Waals surface area (Å²) < 4.78 is 6.93. The summed E-state index contributed by atoms with van der Waals surface area (Å²) >= 11 is 3.24.